The molecule has 4 aromatic rings. The van der Waals surface area contributed by atoms with E-state index in [1.807, 2.05) is 47.4 Å². The summed E-state index contributed by atoms with van der Waals surface area (Å²) in [6, 6.07) is 22.0. The largest absolute Gasteiger partial charge is 0.497 e. The summed E-state index contributed by atoms with van der Waals surface area (Å²) in [5, 5.41) is 0. The van der Waals surface area contributed by atoms with Crippen molar-refractivity contribution in [3.05, 3.63) is 83.7 Å². The number of aryl methyl sites for hydroxylation is 2. The van der Waals surface area contributed by atoms with E-state index in [-0.39, 0.29) is 11.8 Å². The molecule has 1 amide bonds. The highest BCUT2D eigenvalue weighted by atomic mass is 16.5. The second-order valence-corrected chi connectivity index (χ2v) is 8.83. The van der Waals surface area contributed by atoms with Gasteiger partial charge in [0.15, 0.2) is 0 Å². The number of imidazole rings is 1. The number of benzene rings is 3. The number of fused-ring (bicyclic) bond motifs is 1. The van der Waals surface area contributed by atoms with Crippen molar-refractivity contribution in [1.82, 2.24) is 9.55 Å². The van der Waals surface area contributed by atoms with Crippen LogP contribution in [0.1, 0.15) is 29.3 Å². The minimum atomic E-state index is 0.0285. The SMILES string of the molecule is COc1ccc(OCCn2c(C3CC(=O)N(c4cc(C)ccc4C)C3)nc3ccccc32)cc1. The molecule has 1 saturated heterocycles. The molecule has 0 N–H and O–H groups in total. The van der Waals surface area contributed by atoms with Gasteiger partial charge in [-0.05, 0) is 67.4 Å². The van der Waals surface area contributed by atoms with Crippen LogP contribution in [0.15, 0.2) is 66.7 Å². The predicted molar refractivity (Wildman–Crippen MR) is 134 cm³/mol. The molecule has 1 atom stereocenters. The Morgan fingerprint density at radius 1 is 1.00 bits per heavy atom. The van der Waals surface area contributed by atoms with E-state index < -0.39 is 0 Å². The second kappa shape index (κ2) is 9.21. The third-order valence-corrected chi connectivity index (χ3v) is 6.47. The number of ether oxygens (including phenoxy) is 2. The Kier molecular flexibility index (Phi) is 5.97. The van der Waals surface area contributed by atoms with Crippen LogP contribution in [0, 0.1) is 13.8 Å². The Morgan fingerprint density at radius 3 is 2.56 bits per heavy atom. The number of carbonyl (C=O) groups is 1. The van der Waals surface area contributed by atoms with Gasteiger partial charge in [-0.15, -0.1) is 0 Å². The standard InChI is InChI=1S/C28H29N3O3/c1-19-8-9-20(2)26(16-19)31-18-21(17-27(31)32)28-29-24-6-4-5-7-25(24)30(28)14-15-34-23-12-10-22(33-3)11-13-23/h4-13,16,21H,14-15,17-18H2,1-3H3. The molecule has 1 aliphatic heterocycles. The fraction of sp³-hybridized carbons (Fsp3) is 0.286. The lowest BCUT2D eigenvalue weighted by atomic mass is 10.1. The van der Waals surface area contributed by atoms with Crippen molar-refractivity contribution in [2.45, 2.75) is 32.7 Å². The number of hydrogen-bond donors (Lipinski definition) is 0. The lowest BCUT2D eigenvalue weighted by Gasteiger charge is -2.20. The first-order valence-electron chi connectivity index (χ1n) is 11.6. The normalized spacial score (nSPS) is 15.8. The summed E-state index contributed by atoms with van der Waals surface area (Å²) in [5.41, 5.74) is 5.27. The highest BCUT2D eigenvalue weighted by Gasteiger charge is 2.35. The highest BCUT2D eigenvalue weighted by molar-refractivity contribution is 5.97. The first-order chi connectivity index (χ1) is 16.5. The molecular weight excluding hydrogens is 426 g/mol. The summed E-state index contributed by atoms with van der Waals surface area (Å²) in [7, 11) is 1.65. The molecule has 6 heteroatoms. The minimum absolute atomic E-state index is 0.0285. The van der Waals surface area contributed by atoms with Gasteiger partial charge in [0, 0.05) is 24.6 Å². The number of amides is 1. The fourth-order valence-electron chi connectivity index (χ4n) is 4.69. The third-order valence-electron chi connectivity index (χ3n) is 6.47. The lowest BCUT2D eigenvalue weighted by molar-refractivity contribution is -0.117. The average Bonchev–Trinajstić information content (AvgIpc) is 3.41. The molecule has 0 radical (unpaired) electrons. The number of nitrogens with zero attached hydrogens (tertiary/aromatic N) is 3. The molecule has 0 saturated carbocycles. The van der Waals surface area contributed by atoms with E-state index >= 15 is 0 Å². The van der Waals surface area contributed by atoms with Gasteiger partial charge >= 0.3 is 0 Å². The van der Waals surface area contributed by atoms with E-state index in [9.17, 15) is 4.79 Å². The van der Waals surface area contributed by atoms with Crippen LogP contribution >= 0.6 is 0 Å². The Morgan fingerprint density at radius 2 is 1.76 bits per heavy atom. The van der Waals surface area contributed by atoms with E-state index in [1.165, 1.54) is 0 Å². The van der Waals surface area contributed by atoms with Gasteiger partial charge in [-0.1, -0.05) is 24.3 Å². The van der Waals surface area contributed by atoms with Gasteiger partial charge in [-0.25, -0.2) is 4.98 Å². The van der Waals surface area contributed by atoms with Crippen molar-refractivity contribution < 1.29 is 14.3 Å². The maximum atomic E-state index is 13.1. The number of aromatic nitrogens is 2. The quantitative estimate of drug-likeness (QED) is 0.381. The van der Waals surface area contributed by atoms with E-state index in [2.05, 4.69) is 42.7 Å². The molecular formula is C28H29N3O3. The monoisotopic (exact) mass is 455 g/mol. The van der Waals surface area contributed by atoms with E-state index in [0.29, 0.717) is 26.1 Å². The number of para-hydroxylation sites is 2. The summed E-state index contributed by atoms with van der Waals surface area (Å²) in [6.07, 6.45) is 0.454. The zero-order chi connectivity index (χ0) is 23.7. The number of carbonyl (C=O) groups excluding carboxylic acids is 1. The maximum Gasteiger partial charge on any atom is 0.227 e. The van der Waals surface area contributed by atoms with Crippen molar-refractivity contribution in [2.75, 3.05) is 25.2 Å². The molecule has 1 fully saturated rings. The Labute approximate surface area is 199 Å². The van der Waals surface area contributed by atoms with Crippen molar-refractivity contribution in [3.8, 4) is 11.5 Å². The van der Waals surface area contributed by atoms with Gasteiger partial charge in [0.1, 0.15) is 23.9 Å². The van der Waals surface area contributed by atoms with Crippen LogP contribution in [-0.2, 0) is 11.3 Å². The molecule has 0 bridgehead atoms. The lowest BCUT2D eigenvalue weighted by Crippen LogP contribution is -2.25. The minimum Gasteiger partial charge on any atom is -0.497 e. The van der Waals surface area contributed by atoms with Gasteiger partial charge in [0.05, 0.1) is 24.7 Å². The number of methoxy groups -OCH3 is 1. The van der Waals surface area contributed by atoms with E-state index in [1.54, 1.807) is 7.11 Å². The second-order valence-electron chi connectivity index (χ2n) is 8.83. The Balaban J connectivity index is 1.39. The molecule has 0 spiro atoms. The van der Waals surface area contributed by atoms with Crippen LogP contribution in [0.4, 0.5) is 5.69 Å². The number of hydrogen-bond acceptors (Lipinski definition) is 4. The maximum absolute atomic E-state index is 13.1. The van der Waals surface area contributed by atoms with Crippen LogP contribution in [0.25, 0.3) is 11.0 Å². The molecule has 6 nitrogen and oxygen atoms in total. The van der Waals surface area contributed by atoms with Crippen LogP contribution < -0.4 is 14.4 Å². The molecule has 3 aromatic carbocycles. The Bertz CT molecular complexity index is 1330. The van der Waals surface area contributed by atoms with Crippen molar-refractivity contribution in [2.24, 2.45) is 0 Å². The van der Waals surface area contributed by atoms with Crippen LogP contribution in [0.3, 0.4) is 0 Å². The fourth-order valence-corrected chi connectivity index (χ4v) is 4.69. The number of anilines is 1. The van der Waals surface area contributed by atoms with Crippen molar-refractivity contribution in [3.63, 3.8) is 0 Å². The first kappa shape index (κ1) is 22.0. The number of rotatable bonds is 7. The van der Waals surface area contributed by atoms with Crippen molar-refractivity contribution in [1.29, 1.82) is 0 Å². The summed E-state index contributed by atoms with van der Waals surface area (Å²) in [5.74, 6) is 2.71. The van der Waals surface area contributed by atoms with E-state index in [4.69, 9.17) is 14.5 Å². The van der Waals surface area contributed by atoms with Gasteiger partial charge in [-0.3, -0.25) is 4.79 Å². The third kappa shape index (κ3) is 4.23. The highest BCUT2D eigenvalue weighted by Crippen LogP contribution is 2.35. The molecule has 1 aromatic heterocycles. The average molecular weight is 456 g/mol. The molecule has 1 aliphatic rings. The van der Waals surface area contributed by atoms with Gasteiger partial charge in [-0.2, -0.15) is 0 Å². The van der Waals surface area contributed by atoms with Crippen LogP contribution in [-0.4, -0.2) is 35.7 Å². The van der Waals surface area contributed by atoms with Crippen LogP contribution in [0.2, 0.25) is 0 Å². The molecule has 2 heterocycles. The van der Waals surface area contributed by atoms with Crippen LogP contribution in [0.5, 0.6) is 11.5 Å². The smallest absolute Gasteiger partial charge is 0.227 e. The van der Waals surface area contributed by atoms with Gasteiger partial charge in [0.25, 0.3) is 0 Å². The molecule has 174 valence electrons. The summed E-state index contributed by atoms with van der Waals surface area (Å²) in [4.78, 5) is 19.9. The zero-order valence-electron chi connectivity index (χ0n) is 19.8. The Hall–Kier alpha value is -3.80. The molecule has 0 aliphatic carbocycles. The van der Waals surface area contributed by atoms with E-state index in [0.717, 1.165) is 45.2 Å². The predicted octanol–water partition coefficient (Wildman–Crippen LogP) is 5.26. The molecule has 1 unspecified atom stereocenters. The first-order valence-corrected chi connectivity index (χ1v) is 11.6. The summed E-state index contributed by atoms with van der Waals surface area (Å²) in [6.45, 7) is 5.90. The topological polar surface area (TPSA) is 56.6 Å². The molecule has 5 rings (SSSR count). The zero-order valence-corrected chi connectivity index (χ0v) is 19.8. The van der Waals surface area contributed by atoms with Gasteiger partial charge < -0.3 is 18.9 Å². The van der Waals surface area contributed by atoms with Gasteiger partial charge in [0.2, 0.25) is 5.91 Å². The molecule has 34 heavy (non-hydrogen) atoms. The summed E-state index contributed by atoms with van der Waals surface area (Å²) < 4.78 is 13.4. The summed E-state index contributed by atoms with van der Waals surface area (Å²) >= 11 is 0. The van der Waals surface area contributed by atoms with Crippen molar-refractivity contribution >= 4 is 22.6 Å².